The number of aromatic hydroxyl groups is 1. The van der Waals surface area contributed by atoms with E-state index in [1.807, 2.05) is 30.3 Å². The highest BCUT2D eigenvalue weighted by Crippen LogP contribution is 2.36. The summed E-state index contributed by atoms with van der Waals surface area (Å²) in [5, 5.41) is 21.9. The second-order valence-corrected chi connectivity index (χ2v) is 7.23. The average molecular weight is 465 g/mol. The Morgan fingerprint density at radius 2 is 1.48 bits per heavy atom. The summed E-state index contributed by atoms with van der Waals surface area (Å²) in [6.45, 7) is -0.616. The molecule has 0 atom stereocenters. The number of hydrogen-bond acceptors (Lipinski definition) is 6. The predicted molar refractivity (Wildman–Crippen MR) is 121 cm³/mol. The SMILES string of the molecule is O=C(O)CNC(=O)c1nc(Cl)c2cc(Oc3cccc(Oc4ccccc4)c3)ccc2c1O. The Bertz CT molecular complexity index is 1340. The second-order valence-electron chi connectivity index (χ2n) is 6.88. The fraction of sp³-hybridized carbons (Fsp3) is 0.0417. The van der Waals surface area contributed by atoms with Gasteiger partial charge in [-0.25, -0.2) is 4.98 Å². The van der Waals surface area contributed by atoms with Gasteiger partial charge in [-0.05, 0) is 42.5 Å². The van der Waals surface area contributed by atoms with Crippen molar-refractivity contribution < 1.29 is 29.3 Å². The van der Waals surface area contributed by atoms with Gasteiger partial charge in [-0.2, -0.15) is 0 Å². The third-order valence-corrected chi connectivity index (χ3v) is 4.83. The zero-order valence-corrected chi connectivity index (χ0v) is 17.7. The monoisotopic (exact) mass is 464 g/mol. The van der Waals surface area contributed by atoms with Crippen molar-refractivity contribution in [3.63, 3.8) is 0 Å². The molecule has 1 aromatic heterocycles. The number of benzene rings is 3. The number of ether oxygens (including phenoxy) is 2. The quantitative estimate of drug-likeness (QED) is 0.329. The van der Waals surface area contributed by atoms with E-state index in [9.17, 15) is 14.7 Å². The van der Waals surface area contributed by atoms with Gasteiger partial charge in [-0.15, -0.1) is 0 Å². The van der Waals surface area contributed by atoms with E-state index in [-0.39, 0.29) is 16.2 Å². The van der Waals surface area contributed by atoms with E-state index in [1.165, 1.54) is 6.07 Å². The second kappa shape index (κ2) is 9.46. The number of carbonyl (C=O) groups is 2. The molecule has 0 bridgehead atoms. The van der Waals surface area contributed by atoms with Gasteiger partial charge in [0.1, 0.15) is 34.7 Å². The lowest BCUT2D eigenvalue weighted by molar-refractivity contribution is -0.135. The zero-order chi connectivity index (χ0) is 23.4. The Balaban J connectivity index is 1.58. The predicted octanol–water partition coefficient (Wildman–Crippen LogP) is 4.99. The molecule has 166 valence electrons. The first-order chi connectivity index (χ1) is 15.9. The number of pyridine rings is 1. The van der Waals surface area contributed by atoms with E-state index >= 15 is 0 Å². The minimum Gasteiger partial charge on any atom is -0.505 e. The molecule has 3 aromatic carbocycles. The molecule has 0 aliphatic heterocycles. The van der Waals surface area contributed by atoms with Crippen molar-refractivity contribution in [2.45, 2.75) is 0 Å². The van der Waals surface area contributed by atoms with Crippen LogP contribution in [0.2, 0.25) is 5.15 Å². The van der Waals surface area contributed by atoms with Crippen LogP contribution in [-0.2, 0) is 4.79 Å². The molecule has 4 aromatic rings. The number of carbonyl (C=O) groups excluding carboxylic acids is 1. The van der Waals surface area contributed by atoms with Crippen LogP contribution in [0.3, 0.4) is 0 Å². The lowest BCUT2D eigenvalue weighted by Gasteiger charge is -2.12. The van der Waals surface area contributed by atoms with Gasteiger partial charge in [-0.1, -0.05) is 35.9 Å². The molecule has 33 heavy (non-hydrogen) atoms. The number of aromatic nitrogens is 1. The van der Waals surface area contributed by atoms with Crippen LogP contribution in [0.1, 0.15) is 10.5 Å². The highest BCUT2D eigenvalue weighted by molar-refractivity contribution is 6.35. The van der Waals surface area contributed by atoms with E-state index in [0.717, 1.165) is 0 Å². The maximum Gasteiger partial charge on any atom is 0.322 e. The van der Waals surface area contributed by atoms with Gasteiger partial charge in [0.2, 0.25) is 0 Å². The number of carboxylic acids is 1. The molecule has 0 fully saturated rings. The molecule has 4 rings (SSSR count). The van der Waals surface area contributed by atoms with Crippen LogP contribution >= 0.6 is 11.6 Å². The summed E-state index contributed by atoms with van der Waals surface area (Å²) in [7, 11) is 0. The highest BCUT2D eigenvalue weighted by atomic mass is 35.5. The van der Waals surface area contributed by atoms with Crippen LogP contribution in [0.25, 0.3) is 10.8 Å². The lowest BCUT2D eigenvalue weighted by Crippen LogP contribution is -2.30. The summed E-state index contributed by atoms with van der Waals surface area (Å²) < 4.78 is 11.7. The van der Waals surface area contributed by atoms with Crippen molar-refractivity contribution in [2.24, 2.45) is 0 Å². The van der Waals surface area contributed by atoms with Gasteiger partial charge in [-0.3, -0.25) is 9.59 Å². The first-order valence-electron chi connectivity index (χ1n) is 9.74. The number of nitrogens with one attached hydrogen (secondary N) is 1. The average Bonchev–Trinajstić information content (AvgIpc) is 2.80. The van der Waals surface area contributed by atoms with Crippen LogP contribution in [0.15, 0.2) is 72.8 Å². The smallest absolute Gasteiger partial charge is 0.322 e. The zero-order valence-electron chi connectivity index (χ0n) is 17.0. The third-order valence-electron chi connectivity index (χ3n) is 4.54. The number of hydrogen-bond donors (Lipinski definition) is 3. The minimum absolute atomic E-state index is 0.0464. The van der Waals surface area contributed by atoms with Crippen LogP contribution < -0.4 is 14.8 Å². The summed E-state index contributed by atoms with van der Waals surface area (Å²) in [6, 6.07) is 21.1. The molecule has 0 spiro atoms. The van der Waals surface area contributed by atoms with E-state index in [1.54, 1.807) is 36.4 Å². The number of fused-ring (bicyclic) bond motifs is 1. The van der Waals surface area contributed by atoms with Gasteiger partial charge >= 0.3 is 5.97 Å². The maximum absolute atomic E-state index is 12.1. The number of halogens is 1. The van der Waals surface area contributed by atoms with Gasteiger partial charge in [0.15, 0.2) is 11.4 Å². The maximum atomic E-state index is 12.1. The minimum atomic E-state index is -1.23. The first kappa shape index (κ1) is 21.9. The number of para-hydroxylation sites is 1. The molecule has 0 radical (unpaired) electrons. The normalized spacial score (nSPS) is 10.6. The van der Waals surface area contributed by atoms with Gasteiger partial charge < -0.3 is 25.0 Å². The molecule has 1 heterocycles. The van der Waals surface area contributed by atoms with Crippen LogP contribution in [0.4, 0.5) is 0 Å². The number of amides is 1. The van der Waals surface area contributed by atoms with Crippen LogP contribution in [0.5, 0.6) is 28.7 Å². The molecule has 0 aliphatic rings. The molecule has 0 saturated heterocycles. The third kappa shape index (κ3) is 5.13. The molecule has 9 heteroatoms. The summed E-state index contributed by atoms with van der Waals surface area (Å²) >= 11 is 6.24. The molecule has 0 aliphatic carbocycles. The molecule has 3 N–H and O–H groups in total. The van der Waals surface area contributed by atoms with E-state index < -0.39 is 24.2 Å². The van der Waals surface area contributed by atoms with Crippen molar-refractivity contribution >= 4 is 34.2 Å². The molecular weight excluding hydrogens is 448 g/mol. The number of rotatable bonds is 7. The van der Waals surface area contributed by atoms with E-state index in [4.69, 9.17) is 26.2 Å². The topological polar surface area (TPSA) is 118 Å². The van der Waals surface area contributed by atoms with E-state index in [0.29, 0.717) is 28.4 Å². The van der Waals surface area contributed by atoms with Gasteiger partial charge in [0, 0.05) is 16.8 Å². The van der Waals surface area contributed by atoms with Gasteiger partial charge in [0.25, 0.3) is 5.91 Å². The summed E-state index contributed by atoms with van der Waals surface area (Å²) in [4.78, 5) is 26.7. The molecular formula is C24H17ClN2O6. The van der Waals surface area contributed by atoms with Crippen molar-refractivity contribution in [1.29, 1.82) is 0 Å². The van der Waals surface area contributed by atoms with Crippen molar-refractivity contribution in [1.82, 2.24) is 10.3 Å². The summed E-state index contributed by atoms with van der Waals surface area (Å²) in [6.07, 6.45) is 0. The largest absolute Gasteiger partial charge is 0.505 e. The van der Waals surface area contributed by atoms with Crippen molar-refractivity contribution in [3.05, 3.63) is 83.6 Å². The van der Waals surface area contributed by atoms with Crippen LogP contribution in [-0.4, -0.2) is 33.6 Å². The number of carboxylic acid groups (broad SMARTS) is 1. The molecule has 0 unspecified atom stereocenters. The Kier molecular flexibility index (Phi) is 6.28. The molecule has 0 saturated carbocycles. The Morgan fingerprint density at radius 1 is 0.848 bits per heavy atom. The standard InChI is InChI=1S/C24H17ClN2O6/c25-23-19-12-17(9-10-18(19)22(30)21(27-23)24(31)26-13-20(28)29)33-16-8-4-7-15(11-16)32-14-5-2-1-3-6-14/h1-12,30H,13H2,(H,26,31)(H,28,29). The Labute approximate surface area is 193 Å². The highest BCUT2D eigenvalue weighted by Gasteiger charge is 2.19. The lowest BCUT2D eigenvalue weighted by atomic mass is 10.1. The molecule has 8 nitrogen and oxygen atoms in total. The van der Waals surface area contributed by atoms with Crippen molar-refractivity contribution in [3.8, 4) is 28.7 Å². The fourth-order valence-electron chi connectivity index (χ4n) is 3.06. The fourth-order valence-corrected chi connectivity index (χ4v) is 3.30. The van der Waals surface area contributed by atoms with E-state index in [2.05, 4.69) is 10.3 Å². The summed E-state index contributed by atoms with van der Waals surface area (Å²) in [5.74, 6) is -0.275. The number of nitrogens with zero attached hydrogens (tertiary/aromatic N) is 1. The first-order valence-corrected chi connectivity index (χ1v) is 10.1. The van der Waals surface area contributed by atoms with Gasteiger partial charge in [0.05, 0.1) is 0 Å². The van der Waals surface area contributed by atoms with Crippen molar-refractivity contribution in [2.75, 3.05) is 6.54 Å². The Morgan fingerprint density at radius 3 is 2.18 bits per heavy atom. The number of aliphatic carboxylic acids is 1. The summed E-state index contributed by atoms with van der Waals surface area (Å²) in [5.41, 5.74) is -0.367. The van der Waals surface area contributed by atoms with Crippen LogP contribution in [0, 0.1) is 0 Å². The Hall–Kier alpha value is -4.30. The molecule has 1 amide bonds.